The zero-order chi connectivity index (χ0) is 18.1. The number of aromatic nitrogens is 2. The van der Waals surface area contributed by atoms with Crippen LogP contribution >= 0.6 is 11.3 Å². The summed E-state index contributed by atoms with van der Waals surface area (Å²) in [4.78, 5) is 14.4. The van der Waals surface area contributed by atoms with Gasteiger partial charge in [0.2, 0.25) is 5.88 Å². The Balaban J connectivity index is 1.88. The Hall–Kier alpha value is -2.15. The predicted octanol–water partition coefficient (Wildman–Crippen LogP) is 3.20. The van der Waals surface area contributed by atoms with Crippen molar-refractivity contribution in [2.45, 2.75) is 46.7 Å². The van der Waals surface area contributed by atoms with Gasteiger partial charge in [0.05, 0.1) is 18.8 Å². The van der Waals surface area contributed by atoms with Crippen molar-refractivity contribution in [1.82, 2.24) is 20.6 Å². The van der Waals surface area contributed by atoms with Crippen LogP contribution in [0.15, 0.2) is 23.3 Å². The summed E-state index contributed by atoms with van der Waals surface area (Å²) in [7, 11) is 1.76. The van der Waals surface area contributed by atoms with E-state index in [1.165, 1.54) is 4.88 Å². The van der Waals surface area contributed by atoms with Gasteiger partial charge in [0, 0.05) is 30.2 Å². The van der Waals surface area contributed by atoms with Crippen LogP contribution in [0.3, 0.4) is 0 Å². The molecular weight excluding hydrogens is 334 g/mol. The molecule has 0 aliphatic rings. The summed E-state index contributed by atoms with van der Waals surface area (Å²) in [5, 5.41) is 7.66. The first kappa shape index (κ1) is 19.2. The van der Waals surface area contributed by atoms with Gasteiger partial charge in [0.15, 0.2) is 5.96 Å². The normalized spacial score (nSPS) is 11.4. The van der Waals surface area contributed by atoms with Crippen molar-refractivity contribution in [2.75, 3.05) is 13.7 Å². The molecule has 0 saturated heterocycles. The number of hydrogen-bond acceptors (Lipinski definition) is 5. The highest BCUT2D eigenvalue weighted by Crippen LogP contribution is 2.16. The van der Waals surface area contributed by atoms with Crippen molar-refractivity contribution < 1.29 is 4.74 Å². The van der Waals surface area contributed by atoms with Gasteiger partial charge in [-0.15, -0.1) is 11.3 Å². The molecule has 0 atom stereocenters. The SMILES string of the molecule is CCCCOc1ncccc1CNC(=NC)NCc1nc(C)c(C)s1. The molecule has 0 radical (unpaired) electrons. The number of nitrogens with zero attached hydrogens (tertiary/aromatic N) is 3. The summed E-state index contributed by atoms with van der Waals surface area (Å²) in [6.07, 6.45) is 3.89. The molecule has 2 aromatic rings. The van der Waals surface area contributed by atoms with E-state index in [0.717, 1.165) is 35.1 Å². The van der Waals surface area contributed by atoms with E-state index >= 15 is 0 Å². The lowest BCUT2D eigenvalue weighted by Crippen LogP contribution is -2.36. The molecule has 136 valence electrons. The van der Waals surface area contributed by atoms with Crippen LogP contribution in [-0.4, -0.2) is 29.6 Å². The van der Waals surface area contributed by atoms with E-state index in [1.807, 2.05) is 19.1 Å². The van der Waals surface area contributed by atoms with Crippen molar-refractivity contribution in [2.24, 2.45) is 4.99 Å². The molecule has 0 bridgehead atoms. The number of ether oxygens (including phenoxy) is 1. The smallest absolute Gasteiger partial charge is 0.218 e. The van der Waals surface area contributed by atoms with Gasteiger partial charge in [-0.25, -0.2) is 9.97 Å². The summed E-state index contributed by atoms with van der Waals surface area (Å²) in [5.41, 5.74) is 2.11. The molecule has 0 aliphatic heterocycles. The Morgan fingerprint density at radius 1 is 1.28 bits per heavy atom. The Bertz CT molecular complexity index is 679. The molecule has 0 saturated carbocycles. The fraction of sp³-hybridized carbons (Fsp3) is 0.500. The van der Waals surface area contributed by atoms with Crippen molar-refractivity contribution in [3.05, 3.63) is 39.5 Å². The summed E-state index contributed by atoms with van der Waals surface area (Å²) < 4.78 is 5.77. The highest BCUT2D eigenvalue weighted by molar-refractivity contribution is 7.11. The van der Waals surface area contributed by atoms with Crippen LogP contribution in [-0.2, 0) is 13.1 Å². The lowest BCUT2D eigenvalue weighted by atomic mass is 10.2. The van der Waals surface area contributed by atoms with E-state index in [4.69, 9.17) is 4.74 Å². The number of unbranched alkanes of at least 4 members (excludes halogenated alkanes) is 1. The summed E-state index contributed by atoms with van der Waals surface area (Å²) in [5.74, 6) is 1.42. The Morgan fingerprint density at radius 2 is 2.08 bits per heavy atom. The van der Waals surface area contributed by atoms with Gasteiger partial charge in [-0.3, -0.25) is 4.99 Å². The third-order valence-electron chi connectivity index (χ3n) is 3.74. The molecule has 6 nitrogen and oxygen atoms in total. The van der Waals surface area contributed by atoms with Crippen molar-refractivity contribution >= 4 is 17.3 Å². The topological polar surface area (TPSA) is 71.4 Å². The minimum absolute atomic E-state index is 0.602. The molecule has 2 rings (SSSR count). The minimum atomic E-state index is 0.602. The first-order valence-corrected chi connectivity index (χ1v) is 9.39. The number of hydrogen-bond donors (Lipinski definition) is 2. The third-order valence-corrected chi connectivity index (χ3v) is 4.81. The number of aliphatic imine (C=N–C) groups is 1. The lowest BCUT2D eigenvalue weighted by Gasteiger charge is -2.13. The molecule has 25 heavy (non-hydrogen) atoms. The molecule has 2 aromatic heterocycles. The van der Waals surface area contributed by atoms with Crippen molar-refractivity contribution in [3.63, 3.8) is 0 Å². The monoisotopic (exact) mass is 361 g/mol. The fourth-order valence-electron chi connectivity index (χ4n) is 2.18. The molecule has 0 aliphatic carbocycles. The zero-order valence-corrected chi connectivity index (χ0v) is 16.2. The van der Waals surface area contributed by atoms with Crippen LogP contribution in [0.4, 0.5) is 0 Å². The van der Waals surface area contributed by atoms with Gasteiger partial charge in [-0.2, -0.15) is 0 Å². The van der Waals surface area contributed by atoms with E-state index in [0.29, 0.717) is 25.6 Å². The van der Waals surface area contributed by atoms with E-state index in [9.17, 15) is 0 Å². The number of guanidine groups is 1. The molecule has 0 spiro atoms. The Labute approximate surface area is 153 Å². The molecule has 2 N–H and O–H groups in total. The van der Waals surface area contributed by atoms with Gasteiger partial charge >= 0.3 is 0 Å². The van der Waals surface area contributed by atoms with Gasteiger partial charge in [-0.1, -0.05) is 19.4 Å². The zero-order valence-electron chi connectivity index (χ0n) is 15.4. The standard InChI is InChI=1S/C18H27N5OS/c1-5-6-10-24-17-15(8-7-9-20-17)11-21-18(19-4)22-12-16-23-13(2)14(3)25-16/h7-9H,5-6,10-12H2,1-4H3,(H2,19,21,22). The molecule has 2 heterocycles. The molecular formula is C18H27N5OS. The van der Waals surface area contributed by atoms with Crippen LogP contribution < -0.4 is 15.4 Å². The van der Waals surface area contributed by atoms with E-state index < -0.39 is 0 Å². The van der Waals surface area contributed by atoms with Crippen LogP contribution in [0.25, 0.3) is 0 Å². The van der Waals surface area contributed by atoms with Gasteiger partial charge in [0.25, 0.3) is 0 Å². The average Bonchev–Trinajstić information content (AvgIpc) is 2.94. The molecule has 0 amide bonds. The van der Waals surface area contributed by atoms with E-state index in [-0.39, 0.29) is 0 Å². The van der Waals surface area contributed by atoms with Crippen LogP contribution in [0, 0.1) is 13.8 Å². The average molecular weight is 362 g/mol. The van der Waals surface area contributed by atoms with E-state index in [2.05, 4.69) is 39.4 Å². The van der Waals surface area contributed by atoms with Crippen LogP contribution in [0.2, 0.25) is 0 Å². The Morgan fingerprint density at radius 3 is 2.76 bits per heavy atom. The fourth-order valence-corrected chi connectivity index (χ4v) is 3.05. The summed E-state index contributed by atoms with van der Waals surface area (Å²) in [6.45, 7) is 8.22. The van der Waals surface area contributed by atoms with Gasteiger partial charge < -0.3 is 15.4 Å². The number of thiazole rings is 1. The predicted molar refractivity (Wildman–Crippen MR) is 103 cm³/mol. The maximum Gasteiger partial charge on any atom is 0.218 e. The van der Waals surface area contributed by atoms with Gasteiger partial charge in [-0.05, 0) is 26.3 Å². The summed E-state index contributed by atoms with van der Waals surface area (Å²) in [6, 6.07) is 3.93. The molecule has 7 heteroatoms. The number of rotatable bonds is 8. The van der Waals surface area contributed by atoms with Crippen molar-refractivity contribution in [1.29, 1.82) is 0 Å². The molecule has 0 unspecified atom stereocenters. The van der Waals surface area contributed by atoms with Crippen LogP contribution in [0.1, 0.15) is 40.9 Å². The first-order valence-electron chi connectivity index (χ1n) is 8.58. The number of aryl methyl sites for hydroxylation is 2. The highest BCUT2D eigenvalue weighted by Gasteiger charge is 2.07. The quantitative estimate of drug-likeness (QED) is 0.429. The largest absolute Gasteiger partial charge is 0.477 e. The number of nitrogens with one attached hydrogen (secondary N) is 2. The number of pyridine rings is 1. The van der Waals surface area contributed by atoms with E-state index in [1.54, 1.807) is 24.6 Å². The minimum Gasteiger partial charge on any atom is -0.477 e. The second-order valence-corrected chi connectivity index (χ2v) is 6.99. The van der Waals surface area contributed by atoms with Gasteiger partial charge in [0.1, 0.15) is 5.01 Å². The second-order valence-electron chi connectivity index (χ2n) is 5.70. The van der Waals surface area contributed by atoms with Crippen molar-refractivity contribution in [3.8, 4) is 5.88 Å². The maximum atomic E-state index is 5.77. The molecule has 0 aromatic carbocycles. The van der Waals surface area contributed by atoms with Crippen LogP contribution in [0.5, 0.6) is 5.88 Å². The third kappa shape index (κ3) is 6.01. The lowest BCUT2D eigenvalue weighted by molar-refractivity contribution is 0.294. The summed E-state index contributed by atoms with van der Waals surface area (Å²) >= 11 is 1.71. The second kappa shape index (κ2) is 9.98. The maximum absolute atomic E-state index is 5.77. The Kier molecular flexibility index (Phi) is 7.66. The molecule has 0 fully saturated rings. The first-order chi connectivity index (χ1) is 12.1. The highest BCUT2D eigenvalue weighted by atomic mass is 32.1.